The minimum atomic E-state index is -0.605. The maximum absolute atomic E-state index is 12.3. The molecule has 4 N–H and O–H groups in total. The molecule has 0 saturated carbocycles. The largest absolute Gasteiger partial charge is 0.346 e. The molecule has 1 rings (SSSR count). The van der Waals surface area contributed by atoms with Gasteiger partial charge in [0.15, 0.2) is 0 Å². The van der Waals surface area contributed by atoms with E-state index in [0.717, 1.165) is 16.8 Å². The van der Waals surface area contributed by atoms with Crippen LogP contribution in [0.3, 0.4) is 0 Å². The first-order valence-electron chi connectivity index (χ1n) is 8.61. The molecule has 2 amide bonds. The van der Waals surface area contributed by atoms with Gasteiger partial charge in [0.05, 0.1) is 12.6 Å². The average Bonchev–Trinajstić information content (AvgIpc) is 2.51. The van der Waals surface area contributed by atoms with E-state index >= 15 is 0 Å². The molecule has 0 spiro atoms. The summed E-state index contributed by atoms with van der Waals surface area (Å²) in [5.41, 5.74) is 8.83. The molecule has 0 fully saturated rings. The molecular formula is C19H31N3O2. The molecule has 0 aliphatic rings. The fraction of sp³-hybridized carbons (Fsp3) is 0.579. The van der Waals surface area contributed by atoms with Gasteiger partial charge in [-0.2, -0.15) is 0 Å². The Morgan fingerprint density at radius 3 is 1.92 bits per heavy atom. The molecule has 1 atom stereocenters. The zero-order chi connectivity index (χ0) is 18.4. The van der Waals surface area contributed by atoms with Gasteiger partial charge in [0.25, 0.3) is 0 Å². The fourth-order valence-corrected chi connectivity index (χ4v) is 2.47. The second-order valence-corrected chi connectivity index (χ2v) is 7.16. The number of carbonyl (C=O) groups is 2. The summed E-state index contributed by atoms with van der Waals surface area (Å²) in [6.07, 6.45) is 0. The van der Waals surface area contributed by atoms with E-state index < -0.39 is 6.04 Å². The number of amides is 2. The van der Waals surface area contributed by atoms with Crippen LogP contribution < -0.4 is 16.4 Å². The number of para-hydroxylation sites is 1. The second kappa shape index (κ2) is 8.83. The molecule has 0 aromatic heterocycles. The van der Waals surface area contributed by atoms with Crippen LogP contribution in [-0.2, 0) is 9.59 Å². The molecule has 0 heterocycles. The Bertz CT molecular complexity index is 554. The quantitative estimate of drug-likeness (QED) is 0.717. The molecule has 0 aliphatic carbocycles. The normalized spacial score (nSPS) is 12.6. The Labute approximate surface area is 145 Å². The topological polar surface area (TPSA) is 84.2 Å². The summed E-state index contributed by atoms with van der Waals surface area (Å²) in [7, 11) is 0. The lowest BCUT2D eigenvalue weighted by Gasteiger charge is -2.20. The fourth-order valence-electron chi connectivity index (χ4n) is 2.47. The summed E-state index contributed by atoms with van der Waals surface area (Å²) >= 11 is 0. The molecule has 0 bridgehead atoms. The van der Waals surface area contributed by atoms with Gasteiger partial charge in [0, 0.05) is 5.69 Å². The lowest BCUT2D eigenvalue weighted by molar-refractivity contribution is -0.125. The molecule has 5 heteroatoms. The predicted octanol–water partition coefficient (Wildman–Crippen LogP) is 2.97. The third-order valence-electron chi connectivity index (χ3n) is 4.08. The predicted molar refractivity (Wildman–Crippen MR) is 99.1 cm³/mol. The van der Waals surface area contributed by atoms with Crippen LogP contribution in [0.4, 0.5) is 5.69 Å². The van der Waals surface area contributed by atoms with Crippen molar-refractivity contribution in [2.75, 3.05) is 11.9 Å². The maximum Gasteiger partial charge on any atom is 0.243 e. The highest BCUT2D eigenvalue weighted by atomic mass is 16.2. The molecule has 0 radical (unpaired) electrons. The SMILES string of the molecule is CC(C)c1cccc(C(C)C)c1NC(=O)CNC(=O)[C@@H](N)C(C)C. The number of nitrogens with two attached hydrogens (primary N) is 1. The summed E-state index contributed by atoms with van der Waals surface area (Å²) in [4.78, 5) is 24.2. The summed E-state index contributed by atoms with van der Waals surface area (Å²) in [6.45, 7) is 12.0. The van der Waals surface area contributed by atoms with E-state index in [1.54, 1.807) is 0 Å². The molecule has 134 valence electrons. The summed E-state index contributed by atoms with van der Waals surface area (Å²) in [6, 6.07) is 5.47. The van der Waals surface area contributed by atoms with Gasteiger partial charge >= 0.3 is 0 Å². The number of benzene rings is 1. The van der Waals surface area contributed by atoms with Crippen LogP contribution in [0.5, 0.6) is 0 Å². The molecule has 24 heavy (non-hydrogen) atoms. The van der Waals surface area contributed by atoms with E-state index in [4.69, 9.17) is 5.73 Å². The molecule has 0 aliphatic heterocycles. The second-order valence-electron chi connectivity index (χ2n) is 7.16. The van der Waals surface area contributed by atoms with Gasteiger partial charge in [-0.25, -0.2) is 0 Å². The van der Waals surface area contributed by atoms with E-state index in [2.05, 4.69) is 38.3 Å². The Balaban J connectivity index is 2.85. The Kier molecular flexibility index (Phi) is 7.42. The number of anilines is 1. The van der Waals surface area contributed by atoms with Crippen molar-refractivity contribution in [3.63, 3.8) is 0 Å². The number of hydrogen-bond donors (Lipinski definition) is 3. The lowest BCUT2D eigenvalue weighted by Crippen LogP contribution is -2.46. The number of hydrogen-bond acceptors (Lipinski definition) is 3. The van der Waals surface area contributed by atoms with Gasteiger partial charge in [0.1, 0.15) is 0 Å². The van der Waals surface area contributed by atoms with Crippen LogP contribution >= 0.6 is 0 Å². The number of rotatable bonds is 7. The highest BCUT2D eigenvalue weighted by Crippen LogP contribution is 2.32. The van der Waals surface area contributed by atoms with Crippen molar-refractivity contribution in [3.05, 3.63) is 29.3 Å². The van der Waals surface area contributed by atoms with E-state index in [1.807, 2.05) is 32.0 Å². The van der Waals surface area contributed by atoms with Crippen LogP contribution in [0, 0.1) is 5.92 Å². The monoisotopic (exact) mass is 333 g/mol. The first-order valence-corrected chi connectivity index (χ1v) is 8.61. The first-order chi connectivity index (χ1) is 11.1. The molecule has 5 nitrogen and oxygen atoms in total. The standard InChI is InChI=1S/C19H31N3O2/c1-11(2)14-8-7-9-15(12(3)4)18(14)22-16(23)10-21-19(24)17(20)13(5)6/h7-9,11-13,17H,10,20H2,1-6H3,(H,21,24)(H,22,23)/t17-/m0/s1. The van der Waals surface area contributed by atoms with E-state index in [9.17, 15) is 9.59 Å². The van der Waals surface area contributed by atoms with Crippen molar-refractivity contribution in [2.45, 2.75) is 59.4 Å². The number of nitrogens with one attached hydrogen (secondary N) is 2. The Hall–Kier alpha value is -1.88. The minimum Gasteiger partial charge on any atom is -0.346 e. The van der Waals surface area contributed by atoms with Gasteiger partial charge in [-0.1, -0.05) is 59.7 Å². The molecule has 1 aromatic carbocycles. The first kappa shape index (κ1) is 20.2. The van der Waals surface area contributed by atoms with Crippen molar-refractivity contribution >= 4 is 17.5 Å². The lowest BCUT2D eigenvalue weighted by atomic mass is 9.92. The summed E-state index contributed by atoms with van der Waals surface area (Å²) < 4.78 is 0. The van der Waals surface area contributed by atoms with Crippen LogP contribution in [0.25, 0.3) is 0 Å². The van der Waals surface area contributed by atoms with Crippen LogP contribution in [-0.4, -0.2) is 24.4 Å². The van der Waals surface area contributed by atoms with Gasteiger partial charge in [-0.15, -0.1) is 0 Å². The molecular weight excluding hydrogens is 302 g/mol. The summed E-state index contributed by atoms with van der Waals surface area (Å²) in [5.74, 6) is 0.0730. The van der Waals surface area contributed by atoms with Crippen LogP contribution in [0.2, 0.25) is 0 Å². The number of carbonyl (C=O) groups excluding carboxylic acids is 2. The van der Waals surface area contributed by atoms with Gasteiger partial charge < -0.3 is 16.4 Å². The smallest absolute Gasteiger partial charge is 0.243 e. The molecule has 0 saturated heterocycles. The van der Waals surface area contributed by atoms with E-state index in [1.165, 1.54) is 0 Å². The van der Waals surface area contributed by atoms with Crippen molar-refractivity contribution in [3.8, 4) is 0 Å². The minimum absolute atomic E-state index is 0.0299. The van der Waals surface area contributed by atoms with Gasteiger partial charge in [0.2, 0.25) is 11.8 Å². The highest BCUT2D eigenvalue weighted by molar-refractivity contribution is 5.96. The van der Waals surface area contributed by atoms with E-state index in [-0.39, 0.29) is 24.3 Å². The third kappa shape index (κ3) is 5.34. The van der Waals surface area contributed by atoms with Crippen LogP contribution in [0.1, 0.15) is 64.5 Å². The van der Waals surface area contributed by atoms with Gasteiger partial charge in [-0.3, -0.25) is 9.59 Å². The zero-order valence-corrected chi connectivity index (χ0v) is 15.6. The van der Waals surface area contributed by atoms with Crippen molar-refractivity contribution < 1.29 is 9.59 Å². The molecule has 0 unspecified atom stereocenters. The van der Waals surface area contributed by atoms with E-state index in [0.29, 0.717) is 11.8 Å². The van der Waals surface area contributed by atoms with Crippen molar-refractivity contribution in [2.24, 2.45) is 11.7 Å². The summed E-state index contributed by atoms with van der Waals surface area (Å²) in [5, 5.41) is 5.58. The zero-order valence-electron chi connectivity index (χ0n) is 15.6. The Morgan fingerprint density at radius 2 is 1.50 bits per heavy atom. The maximum atomic E-state index is 12.3. The van der Waals surface area contributed by atoms with Crippen molar-refractivity contribution in [1.29, 1.82) is 0 Å². The van der Waals surface area contributed by atoms with Crippen molar-refractivity contribution in [1.82, 2.24) is 5.32 Å². The van der Waals surface area contributed by atoms with Crippen LogP contribution in [0.15, 0.2) is 18.2 Å². The Morgan fingerprint density at radius 1 is 1.00 bits per heavy atom. The molecule has 1 aromatic rings. The highest BCUT2D eigenvalue weighted by Gasteiger charge is 2.19. The third-order valence-corrected chi connectivity index (χ3v) is 4.08. The van der Waals surface area contributed by atoms with Gasteiger partial charge in [-0.05, 0) is 28.9 Å². The average molecular weight is 333 g/mol.